The highest BCUT2D eigenvalue weighted by Gasteiger charge is 2.34. The fourth-order valence-electron chi connectivity index (χ4n) is 1.99. The lowest BCUT2D eigenvalue weighted by Gasteiger charge is -2.07. The molecule has 5 heteroatoms. The number of rotatable bonds is 3. The molecule has 0 aliphatic carbocycles. The van der Waals surface area contributed by atoms with Crippen LogP contribution in [-0.4, -0.2) is 17.3 Å². The van der Waals surface area contributed by atoms with E-state index in [9.17, 15) is 10.1 Å². The molecule has 2 unspecified atom stereocenters. The topological polar surface area (TPSA) is 67.7 Å². The summed E-state index contributed by atoms with van der Waals surface area (Å²) in [5.41, 5.74) is 0.965. The SMILES string of the molecule is CC1OC1Nc1cccc2ccc([N+](=O)[O-])cc12. The maximum Gasteiger partial charge on any atom is 0.270 e. The third-order valence-corrected chi connectivity index (χ3v) is 3.09. The standard InChI is InChI=1S/C13H12N2O3/c1-8-13(18-8)14-12-4-2-3-9-5-6-10(15(16)17)7-11(9)12/h2-8,13-14H,1H3. The van der Waals surface area contributed by atoms with Gasteiger partial charge < -0.3 is 10.1 Å². The van der Waals surface area contributed by atoms with E-state index in [-0.39, 0.29) is 22.9 Å². The van der Waals surface area contributed by atoms with Gasteiger partial charge in [0.2, 0.25) is 0 Å². The molecule has 2 atom stereocenters. The Morgan fingerprint density at radius 2 is 2.11 bits per heavy atom. The maximum atomic E-state index is 10.8. The Kier molecular flexibility index (Phi) is 2.41. The average molecular weight is 244 g/mol. The Morgan fingerprint density at radius 3 is 2.78 bits per heavy atom. The molecule has 2 aromatic rings. The lowest BCUT2D eigenvalue weighted by atomic mass is 10.1. The number of nitro groups is 1. The molecule has 2 aromatic carbocycles. The molecule has 1 aliphatic rings. The largest absolute Gasteiger partial charge is 0.358 e. The molecule has 1 heterocycles. The second-order valence-electron chi connectivity index (χ2n) is 4.37. The summed E-state index contributed by atoms with van der Waals surface area (Å²) < 4.78 is 5.30. The van der Waals surface area contributed by atoms with Gasteiger partial charge in [0.15, 0.2) is 6.23 Å². The molecule has 1 aliphatic heterocycles. The van der Waals surface area contributed by atoms with E-state index in [2.05, 4.69) is 5.32 Å². The van der Waals surface area contributed by atoms with Gasteiger partial charge in [0.25, 0.3) is 5.69 Å². The van der Waals surface area contributed by atoms with Crippen LogP contribution >= 0.6 is 0 Å². The molecule has 0 bridgehead atoms. The maximum absolute atomic E-state index is 10.8. The molecular formula is C13H12N2O3. The van der Waals surface area contributed by atoms with Gasteiger partial charge in [-0.15, -0.1) is 0 Å². The van der Waals surface area contributed by atoms with Crippen molar-refractivity contribution in [2.75, 3.05) is 5.32 Å². The molecule has 3 rings (SSSR count). The Hall–Kier alpha value is -2.14. The molecule has 0 amide bonds. The third kappa shape index (κ3) is 1.89. The van der Waals surface area contributed by atoms with E-state index in [4.69, 9.17) is 4.74 Å². The second-order valence-corrected chi connectivity index (χ2v) is 4.37. The summed E-state index contributed by atoms with van der Waals surface area (Å²) in [6, 6.07) is 10.6. The van der Waals surface area contributed by atoms with E-state index < -0.39 is 0 Å². The van der Waals surface area contributed by atoms with Crippen molar-refractivity contribution in [1.82, 2.24) is 0 Å². The van der Waals surface area contributed by atoms with Gasteiger partial charge in [0, 0.05) is 23.2 Å². The zero-order valence-corrected chi connectivity index (χ0v) is 9.79. The molecule has 0 radical (unpaired) electrons. The van der Waals surface area contributed by atoms with Gasteiger partial charge in [-0.1, -0.05) is 12.1 Å². The molecule has 1 saturated heterocycles. The zero-order valence-electron chi connectivity index (χ0n) is 9.79. The van der Waals surface area contributed by atoms with E-state index in [1.54, 1.807) is 12.1 Å². The van der Waals surface area contributed by atoms with E-state index in [0.29, 0.717) is 0 Å². The van der Waals surface area contributed by atoms with Gasteiger partial charge in [-0.25, -0.2) is 0 Å². The Bertz CT molecular complexity index is 627. The molecule has 0 spiro atoms. The number of fused-ring (bicyclic) bond motifs is 1. The molecule has 0 saturated carbocycles. The minimum atomic E-state index is -0.382. The van der Waals surface area contributed by atoms with Crippen LogP contribution in [0.25, 0.3) is 10.8 Å². The quantitative estimate of drug-likeness (QED) is 0.512. The van der Waals surface area contributed by atoms with Crippen molar-refractivity contribution in [3.8, 4) is 0 Å². The lowest BCUT2D eigenvalue weighted by Crippen LogP contribution is -2.05. The predicted octanol–water partition coefficient (Wildman–Crippen LogP) is 2.90. The highest BCUT2D eigenvalue weighted by Crippen LogP contribution is 2.31. The Morgan fingerprint density at radius 1 is 1.33 bits per heavy atom. The smallest absolute Gasteiger partial charge is 0.270 e. The molecule has 1 fully saturated rings. The summed E-state index contributed by atoms with van der Waals surface area (Å²) >= 11 is 0. The minimum Gasteiger partial charge on any atom is -0.358 e. The first-order valence-electron chi connectivity index (χ1n) is 5.74. The van der Waals surface area contributed by atoms with Crippen molar-refractivity contribution >= 4 is 22.1 Å². The van der Waals surface area contributed by atoms with E-state index in [1.807, 2.05) is 25.1 Å². The fourth-order valence-corrected chi connectivity index (χ4v) is 1.99. The summed E-state index contributed by atoms with van der Waals surface area (Å²) in [7, 11) is 0. The van der Waals surface area contributed by atoms with Gasteiger partial charge in [-0.2, -0.15) is 0 Å². The normalized spacial score (nSPS) is 21.8. The number of hydrogen-bond acceptors (Lipinski definition) is 4. The van der Waals surface area contributed by atoms with E-state index in [0.717, 1.165) is 16.5 Å². The van der Waals surface area contributed by atoms with Crippen molar-refractivity contribution < 1.29 is 9.66 Å². The van der Waals surface area contributed by atoms with Crippen LogP contribution in [0.1, 0.15) is 6.92 Å². The summed E-state index contributed by atoms with van der Waals surface area (Å²) in [6.45, 7) is 1.98. The number of non-ortho nitro benzene ring substituents is 1. The number of nitro benzene ring substituents is 1. The summed E-state index contributed by atoms with van der Waals surface area (Å²) in [4.78, 5) is 10.4. The van der Waals surface area contributed by atoms with Crippen LogP contribution in [0, 0.1) is 10.1 Å². The minimum absolute atomic E-state index is 0.00913. The van der Waals surface area contributed by atoms with Gasteiger partial charge >= 0.3 is 0 Å². The third-order valence-electron chi connectivity index (χ3n) is 3.09. The first kappa shape index (κ1) is 11.0. The van der Waals surface area contributed by atoms with Crippen molar-refractivity contribution in [2.24, 2.45) is 0 Å². The van der Waals surface area contributed by atoms with Crippen LogP contribution in [-0.2, 0) is 4.74 Å². The Balaban J connectivity index is 2.06. The number of nitrogens with zero attached hydrogens (tertiary/aromatic N) is 1. The van der Waals surface area contributed by atoms with Gasteiger partial charge in [0.1, 0.15) is 6.10 Å². The molecule has 0 aromatic heterocycles. The summed E-state index contributed by atoms with van der Waals surface area (Å²) in [6.07, 6.45) is 0.203. The van der Waals surface area contributed by atoms with Crippen LogP contribution < -0.4 is 5.32 Å². The zero-order chi connectivity index (χ0) is 12.7. The predicted molar refractivity (Wildman–Crippen MR) is 68.6 cm³/mol. The van der Waals surface area contributed by atoms with Crippen molar-refractivity contribution in [3.05, 3.63) is 46.5 Å². The highest BCUT2D eigenvalue weighted by molar-refractivity contribution is 5.95. The van der Waals surface area contributed by atoms with Gasteiger partial charge in [-0.3, -0.25) is 10.1 Å². The van der Waals surface area contributed by atoms with Crippen LogP contribution in [0.3, 0.4) is 0 Å². The van der Waals surface area contributed by atoms with Crippen molar-refractivity contribution in [1.29, 1.82) is 0 Å². The summed E-state index contributed by atoms with van der Waals surface area (Å²) in [5, 5.41) is 15.8. The van der Waals surface area contributed by atoms with Gasteiger partial charge in [0.05, 0.1) is 4.92 Å². The van der Waals surface area contributed by atoms with Crippen LogP contribution in [0.4, 0.5) is 11.4 Å². The molecule has 5 nitrogen and oxygen atoms in total. The number of benzene rings is 2. The van der Waals surface area contributed by atoms with Crippen LogP contribution in [0.5, 0.6) is 0 Å². The first-order valence-corrected chi connectivity index (χ1v) is 5.74. The average Bonchev–Trinajstić information content (AvgIpc) is 3.05. The molecular weight excluding hydrogens is 232 g/mol. The van der Waals surface area contributed by atoms with Crippen LogP contribution in [0.2, 0.25) is 0 Å². The number of anilines is 1. The summed E-state index contributed by atoms with van der Waals surface area (Å²) in [5.74, 6) is 0. The lowest BCUT2D eigenvalue weighted by molar-refractivity contribution is -0.384. The first-order chi connectivity index (χ1) is 8.65. The fraction of sp³-hybridized carbons (Fsp3) is 0.231. The number of hydrogen-bond donors (Lipinski definition) is 1. The number of nitrogens with one attached hydrogen (secondary N) is 1. The van der Waals surface area contributed by atoms with Crippen molar-refractivity contribution in [3.63, 3.8) is 0 Å². The second kappa shape index (κ2) is 3.96. The molecule has 1 N–H and O–H groups in total. The van der Waals surface area contributed by atoms with Crippen molar-refractivity contribution in [2.45, 2.75) is 19.3 Å². The number of epoxide rings is 1. The monoisotopic (exact) mass is 244 g/mol. The molecule has 92 valence electrons. The highest BCUT2D eigenvalue weighted by atomic mass is 16.6. The van der Waals surface area contributed by atoms with E-state index in [1.165, 1.54) is 6.07 Å². The Labute approximate surface area is 104 Å². The van der Waals surface area contributed by atoms with E-state index >= 15 is 0 Å². The molecule has 18 heavy (non-hydrogen) atoms. The van der Waals surface area contributed by atoms with Crippen LogP contribution in [0.15, 0.2) is 36.4 Å². The van der Waals surface area contributed by atoms with Gasteiger partial charge in [-0.05, 0) is 24.4 Å². The number of ether oxygens (including phenoxy) is 1.